The number of carbonyl (C=O) groups is 2. The molecule has 0 rings (SSSR count). The number of aliphatic carboxylic acids is 2. The fourth-order valence-electron chi connectivity index (χ4n) is 0.642. The number of carboxylic acid groups (broad SMARTS) is 2. The summed E-state index contributed by atoms with van der Waals surface area (Å²) in [5.41, 5.74) is 0.358. The van der Waals surface area contributed by atoms with Gasteiger partial charge in [0.2, 0.25) is 0 Å². The summed E-state index contributed by atoms with van der Waals surface area (Å²) in [6, 6.07) is 0. The van der Waals surface area contributed by atoms with E-state index in [4.69, 9.17) is 20.0 Å². The minimum absolute atomic E-state index is 0.0138. The van der Waals surface area contributed by atoms with Gasteiger partial charge in [-0.2, -0.15) is 0 Å². The van der Waals surface area contributed by atoms with Crippen molar-refractivity contribution in [2.24, 2.45) is 0 Å². The lowest BCUT2D eigenvalue weighted by atomic mass is 10.2. The van der Waals surface area contributed by atoms with Crippen LogP contribution in [0.1, 0.15) is 27.2 Å². The summed E-state index contributed by atoms with van der Waals surface area (Å²) in [5, 5.41) is 16.2. The van der Waals surface area contributed by atoms with Gasteiger partial charge >= 0.3 is 27.8 Å². The Morgan fingerprint density at radius 3 is 1.83 bits per heavy atom. The van der Waals surface area contributed by atoms with E-state index >= 15 is 0 Å². The predicted octanol–water partition coefficient (Wildman–Crippen LogP) is 1.27. The second-order valence-electron chi connectivity index (χ2n) is 4.03. The zero-order valence-electron chi connectivity index (χ0n) is 13.5. The first-order chi connectivity index (χ1) is 10.7. The largest absolute Gasteiger partial charge is 0.596 e. The normalized spacial score (nSPS) is 11.2. The van der Waals surface area contributed by atoms with Crippen molar-refractivity contribution in [3.05, 3.63) is 23.8 Å². The molecular weight excluding hydrogens is 366 g/mol. The summed E-state index contributed by atoms with van der Waals surface area (Å²) in [4.78, 5) is 45.6. The van der Waals surface area contributed by atoms with Crippen LogP contribution in [0.4, 0.5) is 0 Å². The smallest absolute Gasteiger partial charge is 0.469 e. The second-order valence-corrected chi connectivity index (χ2v) is 6.38. The van der Waals surface area contributed by atoms with E-state index in [9.17, 15) is 23.6 Å². The van der Waals surface area contributed by atoms with E-state index in [1.807, 2.05) is 0 Å². The SMILES string of the molecule is C=C(C)C(=O)O.CC(=CCC[P+](=O)[O-])C(=O)O.CCOP(=O)(O)O. The molecule has 0 saturated carbocycles. The summed E-state index contributed by atoms with van der Waals surface area (Å²) >= 11 is 0. The van der Waals surface area contributed by atoms with Gasteiger partial charge in [0.05, 0.1) is 6.61 Å². The van der Waals surface area contributed by atoms with Crippen LogP contribution < -0.4 is 4.89 Å². The molecular formula is C12H22O10P2. The molecule has 0 heterocycles. The molecule has 0 fully saturated rings. The van der Waals surface area contributed by atoms with Crippen LogP contribution >= 0.6 is 15.9 Å². The lowest BCUT2D eigenvalue weighted by Gasteiger charge is -1.98. The molecule has 12 heteroatoms. The monoisotopic (exact) mass is 388 g/mol. The molecule has 24 heavy (non-hydrogen) atoms. The van der Waals surface area contributed by atoms with Crippen molar-refractivity contribution in [1.82, 2.24) is 0 Å². The number of rotatable bonds is 7. The first-order valence-corrected chi connectivity index (χ1v) is 9.24. The Hall–Kier alpha value is -1.41. The minimum Gasteiger partial charge on any atom is -0.596 e. The van der Waals surface area contributed by atoms with E-state index in [0.717, 1.165) is 0 Å². The van der Waals surface area contributed by atoms with Crippen LogP contribution in [0.15, 0.2) is 23.8 Å². The highest BCUT2D eigenvalue weighted by Crippen LogP contribution is 2.34. The number of allylic oxidation sites excluding steroid dienone is 1. The van der Waals surface area contributed by atoms with Crippen LogP contribution in [-0.4, -0.2) is 44.7 Å². The molecule has 1 atom stereocenters. The fraction of sp³-hybridized carbons (Fsp3) is 0.500. The maximum Gasteiger partial charge on any atom is 0.469 e. The van der Waals surface area contributed by atoms with Gasteiger partial charge in [0.15, 0.2) is 0 Å². The van der Waals surface area contributed by atoms with E-state index in [-0.39, 0.29) is 30.3 Å². The molecule has 0 amide bonds. The van der Waals surface area contributed by atoms with Crippen molar-refractivity contribution in [3.63, 3.8) is 0 Å². The molecule has 0 aromatic carbocycles. The summed E-state index contributed by atoms with van der Waals surface area (Å²) in [6.07, 6.45) is 1.68. The number of hydrogen-bond acceptors (Lipinski definition) is 6. The van der Waals surface area contributed by atoms with Crippen molar-refractivity contribution in [3.8, 4) is 0 Å². The van der Waals surface area contributed by atoms with E-state index in [2.05, 4.69) is 11.1 Å². The van der Waals surface area contributed by atoms with Crippen molar-refractivity contribution >= 4 is 27.8 Å². The standard InChI is InChI=1S/C6H9O4P.C4H6O2.C2H7O4P/c1-5(6(7)8)3-2-4-11(9)10;1-3(2)4(5)6;1-2-6-7(3,4)5/h3H,2,4H2,1H3,(H,7,8);1H2,2H3,(H,5,6);2H2,1H3,(H2,3,4,5). The Labute approximate surface area is 140 Å². The molecule has 0 radical (unpaired) electrons. The van der Waals surface area contributed by atoms with Gasteiger partial charge < -0.3 is 24.9 Å². The summed E-state index contributed by atoms with van der Waals surface area (Å²) in [7, 11) is -6.55. The molecule has 0 aromatic heterocycles. The fourth-order valence-corrected chi connectivity index (χ4v) is 1.32. The van der Waals surface area contributed by atoms with E-state index in [1.54, 1.807) is 0 Å². The third-order valence-corrected chi connectivity index (χ3v) is 2.98. The van der Waals surface area contributed by atoms with Crippen molar-refractivity contribution < 1.29 is 48.1 Å². The molecule has 0 spiro atoms. The highest BCUT2D eigenvalue weighted by molar-refractivity contribution is 7.46. The number of phosphoric ester groups is 1. The molecule has 140 valence electrons. The summed E-state index contributed by atoms with van der Waals surface area (Å²) in [5.74, 6) is -1.94. The van der Waals surface area contributed by atoms with E-state index in [1.165, 1.54) is 26.8 Å². The average molecular weight is 388 g/mol. The molecule has 10 nitrogen and oxygen atoms in total. The van der Waals surface area contributed by atoms with Gasteiger partial charge in [0.1, 0.15) is 6.16 Å². The van der Waals surface area contributed by atoms with E-state index < -0.39 is 27.8 Å². The van der Waals surface area contributed by atoms with Crippen LogP contribution in [0.5, 0.6) is 0 Å². The Kier molecular flexibility index (Phi) is 17.3. The molecule has 0 bridgehead atoms. The zero-order chi connectivity index (χ0) is 19.9. The molecule has 0 aliphatic heterocycles. The van der Waals surface area contributed by atoms with Crippen LogP contribution in [-0.2, 0) is 23.2 Å². The van der Waals surface area contributed by atoms with Gasteiger partial charge in [-0.05, 0) is 20.8 Å². The second kappa shape index (κ2) is 15.1. The molecule has 4 N–H and O–H groups in total. The van der Waals surface area contributed by atoms with Gasteiger partial charge in [0, 0.05) is 17.6 Å². The number of carboxylic acids is 2. The molecule has 0 saturated heterocycles. The lowest BCUT2D eigenvalue weighted by molar-refractivity contribution is -0.164. The topological polar surface area (TPSA) is 181 Å². The Bertz CT molecular complexity index is 494. The first-order valence-electron chi connectivity index (χ1n) is 6.35. The first kappa shape index (κ1) is 27.4. The maximum atomic E-state index is 10.2. The van der Waals surface area contributed by atoms with Gasteiger partial charge in [0.25, 0.3) is 0 Å². The number of hydrogen-bond donors (Lipinski definition) is 4. The molecule has 1 unspecified atom stereocenters. The summed E-state index contributed by atoms with van der Waals surface area (Å²) in [6.45, 7) is 7.59. The highest BCUT2D eigenvalue weighted by atomic mass is 31.2. The average Bonchev–Trinajstić information content (AvgIpc) is 2.37. The van der Waals surface area contributed by atoms with Gasteiger partial charge in [-0.15, -0.1) is 0 Å². The van der Waals surface area contributed by atoms with Crippen LogP contribution in [0, 0.1) is 0 Å². The Morgan fingerprint density at radius 1 is 1.25 bits per heavy atom. The predicted molar refractivity (Wildman–Crippen MR) is 84.6 cm³/mol. The van der Waals surface area contributed by atoms with Crippen molar-refractivity contribution in [2.75, 3.05) is 12.8 Å². The van der Waals surface area contributed by atoms with Crippen molar-refractivity contribution in [1.29, 1.82) is 0 Å². The van der Waals surface area contributed by atoms with Gasteiger partial charge in [-0.1, -0.05) is 17.2 Å². The third kappa shape index (κ3) is 28.7. The van der Waals surface area contributed by atoms with Crippen molar-refractivity contribution in [2.45, 2.75) is 27.2 Å². The minimum atomic E-state index is -4.17. The number of phosphoric acid groups is 1. The Morgan fingerprint density at radius 2 is 1.67 bits per heavy atom. The Balaban J connectivity index is -0.000000294. The third-order valence-electron chi connectivity index (χ3n) is 1.76. The highest BCUT2D eigenvalue weighted by Gasteiger charge is 2.10. The van der Waals surface area contributed by atoms with Crippen LogP contribution in [0.3, 0.4) is 0 Å². The quantitative estimate of drug-likeness (QED) is 0.366. The molecule has 0 aliphatic rings. The van der Waals surface area contributed by atoms with Crippen LogP contribution in [0.2, 0.25) is 0 Å². The zero-order valence-corrected chi connectivity index (χ0v) is 15.3. The lowest BCUT2D eigenvalue weighted by Crippen LogP contribution is -1.96. The van der Waals surface area contributed by atoms with Crippen LogP contribution in [0.25, 0.3) is 0 Å². The molecule has 0 aliphatic carbocycles. The molecule has 0 aromatic rings. The van der Waals surface area contributed by atoms with Gasteiger partial charge in [-0.25, -0.2) is 14.2 Å². The summed E-state index contributed by atoms with van der Waals surface area (Å²) < 4.78 is 23.6. The maximum absolute atomic E-state index is 10.2. The van der Waals surface area contributed by atoms with Gasteiger partial charge in [-0.3, -0.25) is 4.52 Å². The van der Waals surface area contributed by atoms with E-state index in [0.29, 0.717) is 0 Å².